The number of thioether (sulfide) groups is 1. The quantitative estimate of drug-likeness (QED) is 0.582. The Hall–Kier alpha value is -0.810. The second-order valence-electron chi connectivity index (χ2n) is 3.21. The molecule has 4 nitrogen and oxygen atoms in total. The Kier molecular flexibility index (Phi) is 4.16. The summed E-state index contributed by atoms with van der Waals surface area (Å²) in [5, 5.41) is 4.11. The highest BCUT2D eigenvalue weighted by atomic mass is 32.2. The first-order valence-corrected chi connectivity index (χ1v) is 5.75. The molecule has 0 aromatic carbocycles. The molecule has 1 heterocycles. The van der Waals surface area contributed by atoms with E-state index in [1.807, 2.05) is 26.2 Å². The zero-order chi connectivity index (χ0) is 10.6. The molecule has 0 saturated heterocycles. The Morgan fingerprint density at radius 3 is 2.79 bits per heavy atom. The van der Waals surface area contributed by atoms with Crippen LogP contribution >= 0.6 is 11.8 Å². The lowest BCUT2D eigenvalue weighted by Gasteiger charge is -2.17. The zero-order valence-electron chi connectivity index (χ0n) is 8.69. The SMILES string of the molecule is CSc1ccnc(NC(C)C(C)N)n1. The number of rotatable bonds is 4. The standard InChI is InChI=1S/C9H16N4S/c1-6(10)7(2)12-9-11-5-4-8(13-9)14-3/h4-7H,10H2,1-3H3,(H,11,12,13). The van der Waals surface area contributed by atoms with Gasteiger partial charge in [-0.1, -0.05) is 0 Å². The fourth-order valence-electron chi connectivity index (χ4n) is 0.860. The molecule has 0 saturated carbocycles. The van der Waals surface area contributed by atoms with Gasteiger partial charge in [0.15, 0.2) is 0 Å². The average Bonchev–Trinajstić information content (AvgIpc) is 2.18. The second kappa shape index (κ2) is 5.17. The van der Waals surface area contributed by atoms with E-state index in [9.17, 15) is 0 Å². The van der Waals surface area contributed by atoms with Gasteiger partial charge in [-0.15, -0.1) is 11.8 Å². The zero-order valence-corrected chi connectivity index (χ0v) is 9.51. The Labute approximate surface area is 88.7 Å². The number of anilines is 1. The van der Waals surface area contributed by atoms with Gasteiger partial charge < -0.3 is 11.1 Å². The molecule has 2 atom stereocenters. The molecule has 1 rings (SSSR count). The number of nitrogens with one attached hydrogen (secondary N) is 1. The van der Waals surface area contributed by atoms with Crippen LogP contribution in [-0.4, -0.2) is 28.3 Å². The van der Waals surface area contributed by atoms with Gasteiger partial charge in [-0.05, 0) is 26.2 Å². The van der Waals surface area contributed by atoms with Crippen LogP contribution in [0.15, 0.2) is 17.3 Å². The van der Waals surface area contributed by atoms with E-state index in [1.165, 1.54) is 0 Å². The molecule has 0 aliphatic carbocycles. The molecular formula is C9H16N4S. The molecule has 1 aromatic heterocycles. The first kappa shape index (κ1) is 11.3. The first-order chi connectivity index (χ1) is 6.63. The Balaban J connectivity index is 2.66. The van der Waals surface area contributed by atoms with E-state index < -0.39 is 0 Å². The third kappa shape index (κ3) is 3.16. The summed E-state index contributed by atoms with van der Waals surface area (Å²) in [5.74, 6) is 0.640. The van der Waals surface area contributed by atoms with E-state index in [-0.39, 0.29) is 12.1 Å². The van der Waals surface area contributed by atoms with Crippen LogP contribution in [0, 0.1) is 0 Å². The minimum absolute atomic E-state index is 0.0801. The van der Waals surface area contributed by atoms with Crippen molar-refractivity contribution in [3.63, 3.8) is 0 Å². The molecule has 0 amide bonds. The van der Waals surface area contributed by atoms with E-state index in [0.717, 1.165) is 5.03 Å². The van der Waals surface area contributed by atoms with Gasteiger partial charge in [0.2, 0.25) is 5.95 Å². The summed E-state index contributed by atoms with van der Waals surface area (Å²) >= 11 is 1.60. The lowest BCUT2D eigenvalue weighted by molar-refractivity contribution is 0.632. The van der Waals surface area contributed by atoms with E-state index in [4.69, 9.17) is 5.73 Å². The van der Waals surface area contributed by atoms with Gasteiger partial charge in [0, 0.05) is 18.3 Å². The second-order valence-corrected chi connectivity index (χ2v) is 4.04. The van der Waals surface area contributed by atoms with Gasteiger partial charge in [-0.2, -0.15) is 0 Å². The van der Waals surface area contributed by atoms with Gasteiger partial charge in [-0.3, -0.25) is 0 Å². The normalized spacial score (nSPS) is 14.9. The van der Waals surface area contributed by atoms with Gasteiger partial charge >= 0.3 is 0 Å². The summed E-state index contributed by atoms with van der Waals surface area (Å²) in [6.45, 7) is 3.97. The molecule has 0 spiro atoms. The molecule has 0 aliphatic rings. The van der Waals surface area contributed by atoms with Crippen LogP contribution in [0.4, 0.5) is 5.95 Å². The van der Waals surface area contributed by atoms with Gasteiger partial charge in [0.25, 0.3) is 0 Å². The van der Waals surface area contributed by atoms with Crippen molar-refractivity contribution in [2.75, 3.05) is 11.6 Å². The summed E-state index contributed by atoms with van der Waals surface area (Å²) in [6.07, 6.45) is 3.73. The molecule has 0 bridgehead atoms. The summed E-state index contributed by atoms with van der Waals surface area (Å²) in [6, 6.07) is 2.13. The highest BCUT2D eigenvalue weighted by molar-refractivity contribution is 7.98. The largest absolute Gasteiger partial charge is 0.350 e. The summed E-state index contributed by atoms with van der Waals surface area (Å²) < 4.78 is 0. The molecule has 1 aromatic rings. The lowest BCUT2D eigenvalue weighted by atomic mass is 10.2. The van der Waals surface area contributed by atoms with Crippen molar-refractivity contribution >= 4 is 17.7 Å². The van der Waals surface area contributed by atoms with Crippen LogP contribution in [0.2, 0.25) is 0 Å². The Morgan fingerprint density at radius 2 is 2.21 bits per heavy atom. The van der Waals surface area contributed by atoms with Crippen molar-refractivity contribution in [2.24, 2.45) is 5.73 Å². The van der Waals surface area contributed by atoms with Gasteiger partial charge in [0.05, 0.1) is 0 Å². The monoisotopic (exact) mass is 212 g/mol. The number of aromatic nitrogens is 2. The summed E-state index contributed by atoms with van der Waals surface area (Å²) in [7, 11) is 0. The van der Waals surface area contributed by atoms with Crippen LogP contribution in [0.1, 0.15) is 13.8 Å². The van der Waals surface area contributed by atoms with Crippen LogP contribution in [0.5, 0.6) is 0 Å². The smallest absolute Gasteiger partial charge is 0.223 e. The number of nitrogens with two attached hydrogens (primary N) is 1. The third-order valence-corrected chi connectivity index (χ3v) is 2.63. The minimum atomic E-state index is 0.0801. The molecule has 14 heavy (non-hydrogen) atoms. The van der Waals surface area contributed by atoms with Crippen LogP contribution in [0.3, 0.4) is 0 Å². The number of hydrogen-bond donors (Lipinski definition) is 2. The third-order valence-electron chi connectivity index (χ3n) is 1.98. The highest BCUT2D eigenvalue weighted by Crippen LogP contribution is 2.12. The van der Waals surface area contributed by atoms with E-state index in [2.05, 4.69) is 15.3 Å². The molecule has 5 heteroatoms. The fourth-order valence-corrected chi connectivity index (χ4v) is 1.24. The Morgan fingerprint density at radius 1 is 1.50 bits per heavy atom. The molecule has 0 fully saturated rings. The molecule has 0 radical (unpaired) electrons. The maximum atomic E-state index is 5.73. The number of nitrogens with zero attached hydrogens (tertiary/aromatic N) is 2. The highest BCUT2D eigenvalue weighted by Gasteiger charge is 2.08. The van der Waals surface area contributed by atoms with Crippen molar-refractivity contribution in [1.29, 1.82) is 0 Å². The van der Waals surface area contributed by atoms with Gasteiger partial charge in [0.1, 0.15) is 5.03 Å². The fraction of sp³-hybridized carbons (Fsp3) is 0.556. The molecule has 3 N–H and O–H groups in total. The topological polar surface area (TPSA) is 63.8 Å². The van der Waals surface area contributed by atoms with Crippen LogP contribution in [0.25, 0.3) is 0 Å². The Bertz CT molecular complexity index is 290. The average molecular weight is 212 g/mol. The predicted molar refractivity (Wildman–Crippen MR) is 60.5 cm³/mol. The summed E-state index contributed by atoms with van der Waals surface area (Å²) in [4.78, 5) is 8.42. The minimum Gasteiger partial charge on any atom is -0.350 e. The molecule has 0 aliphatic heterocycles. The number of hydrogen-bond acceptors (Lipinski definition) is 5. The van der Waals surface area contributed by atoms with Crippen molar-refractivity contribution in [3.05, 3.63) is 12.3 Å². The maximum Gasteiger partial charge on any atom is 0.223 e. The van der Waals surface area contributed by atoms with E-state index >= 15 is 0 Å². The van der Waals surface area contributed by atoms with Crippen LogP contribution in [-0.2, 0) is 0 Å². The van der Waals surface area contributed by atoms with E-state index in [0.29, 0.717) is 5.95 Å². The van der Waals surface area contributed by atoms with E-state index in [1.54, 1.807) is 18.0 Å². The predicted octanol–water partition coefficient (Wildman–Crippen LogP) is 1.35. The van der Waals surface area contributed by atoms with Crippen molar-refractivity contribution < 1.29 is 0 Å². The molecule has 78 valence electrons. The van der Waals surface area contributed by atoms with Gasteiger partial charge in [-0.25, -0.2) is 9.97 Å². The molecule has 2 unspecified atom stereocenters. The van der Waals surface area contributed by atoms with Crippen molar-refractivity contribution in [1.82, 2.24) is 9.97 Å². The lowest BCUT2D eigenvalue weighted by Crippen LogP contribution is -2.35. The van der Waals surface area contributed by atoms with Crippen molar-refractivity contribution in [2.45, 2.75) is 31.0 Å². The maximum absolute atomic E-state index is 5.73. The van der Waals surface area contributed by atoms with Crippen molar-refractivity contribution in [3.8, 4) is 0 Å². The summed E-state index contributed by atoms with van der Waals surface area (Å²) in [5.41, 5.74) is 5.73. The first-order valence-electron chi connectivity index (χ1n) is 4.52. The molecular weight excluding hydrogens is 196 g/mol. The van der Waals surface area contributed by atoms with Crippen LogP contribution < -0.4 is 11.1 Å².